The minimum atomic E-state index is 0.504. The van der Waals surface area contributed by atoms with E-state index >= 15 is 0 Å². The smallest absolute Gasteiger partial charge is 0.179 e. The van der Waals surface area contributed by atoms with Gasteiger partial charge in [0.1, 0.15) is 11.6 Å². The summed E-state index contributed by atoms with van der Waals surface area (Å²) in [6.07, 6.45) is 3.83. The molecule has 0 bridgehead atoms. The SMILES string of the molecule is Nc1ccc2[nH]c(C3CCCCS3)nc2n1. The zero-order valence-electron chi connectivity index (χ0n) is 8.94. The highest BCUT2D eigenvalue weighted by molar-refractivity contribution is 7.99. The van der Waals surface area contributed by atoms with E-state index in [-0.39, 0.29) is 0 Å². The van der Waals surface area contributed by atoms with Crippen LogP contribution in [0.1, 0.15) is 30.3 Å². The second kappa shape index (κ2) is 3.97. The quantitative estimate of drug-likeness (QED) is 0.795. The van der Waals surface area contributed by atoms with E-state index in [1.54, 1.807) is 6.07 Å². The molecule has 84 valence electrons. The molecule has 0 spiro atoms. The molecule has 3 rings (SSSR count). The van der Waals surface area contributed by atoms with Crippen LogP contribution < -0.4 is 5.73 Å². The molecule has 0 saturated carbocycles. The van der Waals surface area contributed by atoms with Gasteiger partial charge in [0.05, 0.1) is 10.8 Å². The zero-order chi connectivity index (χ0) is 11.0. The summed E-state index contributed by atoms with van der Waals surface area (Å²) < 4.78 is 0. The molecule has 16 heavy (non-hydrogen) atoms. The number of hydrogen-bond donors (Lipinski definition) is 2. The second-order valence-electron chi connectivity index (χ2n) is 4.08. The number of aromatic nitrogens is 3. The van der Waals surface area contributed by atoms with Crippen LogP contribution in [0, 0.1) is 0 Å². The minimum absolute atomic E-state index is 0.504. The third-order valence-corrected chi connectivity index (χ3v) is 4.26. The van der Waals surface area contributed by atoms with Crippen LogP contribution in [0.4, 0.5) is 5.82 Å². The largest absolute Gasteiger partial charge is 0.384 e. The van der Waals surface area contributed by atoms with Crippen molar-refractivity contribution in [2.24, 2.45) is 0 Å². The van der Waals surface area contributed by atoms with Gasteiger partial charge in [-0.25, -0.2) is 9.97 Å². The summed E-state index contributed by atoms with van der Waals surface area (Å²) in [6, 6.07) is 3.75. The van der Waals surface area contributed by atoms with Gasteiger partial charge in [0, 0.05) is 0 Å². The number of fused-ring (bicyclic) bond motifs is 1. The maximum absolute atomic E-state index is 5.64. The average Bonchev–Trinajstić information content (AvgIpc) is 2.73. The third-order valence-electron chi connectivity index (χ3n) is 2.87. The molecule has 4 nitrogen and oxygen atoms in total. The molecule has 1 aliphatic heterocycles. The van der Waals surface area contributed by atoms with E-state index in [1.165, 1.54) is 25.0 Å². The number of nitrogens with zero attached hydrogens (tertiary/aromatic N) is 2. The predicted molar refractivity (Wildman–Crippen MR) is 67.4 cm³/mol. The van der Waals surface area contributed by atoms with Gasteiger partial charge in [0.2, 0.25) is 0 Å². The lowest BCUT2D eigenvalue weighted by Crippen LogP contribution is -2.03. The number of nitrogen functional groups attached to an aromatic ring is 1. The van der Waals surface area contributed by atoms with E-state index in [0.29, 0.717) is 11.1 Å². The van der Waals surface area contributed by atoms with Crippen LogP contribution in [0.25, 0.3) is 11.2 Å². The third kappa shape index (κ3) is 1.75. The topological polar surface area (TPSA) is 67.6 Å². The minimum Gasteiger partial charge on any atom is -0.384 e. The molecule has 0 radical (unpaired) electrons. The lowest BCUT2D eigenvalue weighted by atomic mass is 10.2. The molecular formula is C11H14N4S. The first-order valence-corrected chi connectivity index (χ1v) is 6.61. The van der Waals surface area contributed by atoms with Gasteiger partial charge in [-0.05, 0) is 30.7 Å². The Morgan fingerprint density at radius 1 is 1.31 bits per heavy atom. The summed E-state index contributed by atoms with van der Waals surface area (Å²) in [5.41, 5.74) is 7.36. The van der Waals surface area contributed by atoms with Crippen molar-refractivity contribution in [3.05, 3.63) is 18.0 Å². The highest BCUT2D eigenvalue weighted by Crippen LogP contribution is 2.37. The molecule has 3 heterocycles. The maximum atomic E-state index is 5.64. The van der Waals surface area contributed by atoms with E-state index in [0.717, 1.165) is 17.0 Å². The predicted octanol–water partition coefficient (Wildman–Crippen LogP) is 2.50. The molecular weight excluding hydrogens is 220 g/mol. The lowest BCUT2D eigenvalue weighted by molar-refractivity contribution is 0.668. The number of pyridine rings is 1. The number of anilines is 1. The van der Waals surface area contributed by atoms with Crippen LogP contribution in [0.2, 0.25) is 0 Å². The molecule has 1 atom stereocenters. The first-order chi connectivity index (χ1) is 7.83. The molecule has 0 amide bonds. The maximum Gasteiger partial charge on any atom is 0.179 e. The molecule has 0 aliphatic carbocycles. The Balaban J connectivity index is 1.97. The number of imidazole rings is 1. The van der Waals surface area contributed by atoms with Crippen molar-refractivity contribution in [1.82, 2.24) is 15.0 Å². The van der Waals surface area contributed by atoms with Crippen LogP contribution in [0.3, 0.4) is 0 Å². The summed E-state index contributed by atoms with van der Waals surface area (Å²) >= 11 is 1.98. The standard InChI is InChI=1S/C11H14N4S/c12-9-5-4-7-10(14-9)15-11(13-7)8-3-1-2-6-16-8/h4-5,8H,1-3,6H2,(H3,12,13,14,15). The first-order valence-electron chi connectivity index (χ1n) is 5.57. The fourth-order valence-corrected chi connectivity index (χ4v) is 3.29. The van der Waals surface area contributed by atoms with Gasteiger partial charge in [-0.3, -0.25) is 0 Å². The Morgan fingerprint density at radius 3 is 3.06 bits per heavy atom. The number of aromatic amines is 1. The number of H-pyrrole nitrogens is 1. The summed E-state index contributed by atoms with van der Waals surface area (Å²) in [6.45, 7) is 0. The van der Waals surface area contributed by atoms with Gasteiger partial charge >= 0.3 is 0 Å². The van der Waals surface area contributed by atoms with Crippen LogP contribution >= 0.6 is 11.8 Å². The molecule has 5 heteroatoms. The van der Waals surface area contributed by atoms with Crippen molar-refractivity contribution in [2.75, 3.05) is 11.5 Å². The molecule has 2 aromatic rings. The Hall–Kier alpha value is -1.23. The Morgan fingerprint density at radius 2 is 2.25 bits per heavy atom. The van der Waals surface area contributed by atoms with E-state index in [1.807, 2.05) is 17.8 Å². The lowest BCUT2D eigenvalue weighted by Gasteiger charge is -2.18. The Bertz CT molecular complexity index is 502. The van der Waals surface area contributed by atoms with E-state index in [9.17, 15) is 0 Å². The van der Waals surface area contributed by atoms with Gasteiger partial charge in [-0.15, -0.1) is 0 Å². The van der Waals surface area contributed by atoms with E-state index < -0.39 is 0 Å². The van der Waals surface area contributed by atoms with E-state index in [4.69, 9.17) is 5.73 Å². The molecule has 1 fully saturated rings. The average molecular weight is 234 g/mol. The number of thioether (sulfide) groups is 1. The Labute approximate surface area is 98.0 Å². The summed E-state index contributed by atoms with van der Waals surface area (Å²) in [5.74, 6) is 2.82. The van der Waals surface area contributed by atoms with Gasteiger partial charge in [-0.2, -0.15) is 11.8 Å². The van der Waals surface area contributed by atoms with Crippen molar-refractivity contribution in [3.63, 3.8) is 0 Å². The second-order valence-corrected chi connectivity index (χ2v) is 5.40. The number of nitrogens with two attached hydrogens (primary N) is 1. The van der Waals surface area contributed by atoms with Crippen LogP contribution in [-0.4, -0.2) is 20.7 Å². The van der Waals surface area contributed by atoms with Crippen molar-refractivity contribution in [1.29, 1.82) is 0 Å². The molecule has 3 N–H and O–H groups in total. The van der Waals surface area contributed by atoms with Gasteiger partial charge in [0.25, 0.3) is 0 Å². The Kier molecular flexibility index (Phi) is 2.47. The highest BCUT2D eigenvalue weighted by Gasteiger charge is 2.19. The van der Waals surface area contributed by atoms with Crippen LogP contribution in [0.5, 0.6) is 0 Å². The normalized spacial score (nSPS) is 21.4. The molecule has 1 aliphatic rings. The van der Waals surface area contributed by atoms with Gasteiger partial charge in [0.15, 0.2) is 5.65 Å². The van der Waals surface area contributed by atoms with Crippen molar-refractivity contribution in [2.45, 2.75) is 24.5 Å². The molecule has 1 saturated heterocycles. The highest BCUT2D eigenvalue weighted by atomic mass is 32.2. The zero-order valence-corrected chi connectivity index (χ0v) is 9.76. The monoisotopic (exact) mass is 234 g/mol. The summed E-state index contributed by atoms with van der Waals surface area (Å²) in [4.78, 5) is 12.1. The summed E-state index contributed by atoms with van der Waals surface area (Å²) in [7, 11) is 0. The fraction of sp³-hybridized carbons (Fsp3) is 0.455. The van der Waals surface area contributed by atoms with Gasteiger partial charge < -0.3 is 10.7 Å². The summed E-state index contributed by atoms with van der Waals surface area (Å²) in [5, 5.41) is 0.504. The molecule has 0 aromatic carbocycles. The van der Waals surface area contributed by atoms with Crippen LogP contribution in [-0.2, 0) is 0 Å². The first kappa shape index (κ1) is 9.96. The molecule has 1 unspecified atom stereocenters. The molecule has 2 aromatic heterocycles. The van der Waals surface area contributed by atoms with Gasteiger partial charge in [-0.1, -0.05) is 6.42 Å². The van der Waals surface area contributed by atoms with Crippen molar-refractivity contribution in [3.8, 4) is 0 Å². The number of nitrogens with one attached hydrogen (secondary N) is 1. The number of rotatable bonds is 1. The fourth-order valence-electron chi connectivity index (χ4n) is 2.03. The van der Waals surface area contributed by atoms with E-state index in [2.05, 4.69) is 15.0 Å². The van der Waals surface area contributed by atoms with Crippen LogP contribution in [0.15, 0.2) is 12.1 Å². The van der Waals surface area contributed by atoms with Crippen molar-refractivity contribution < 1.29 is 0 Å². The number of hydrogen-bond acceptors (Lipinski definition) is 4. The van der Waals surface area contributed by atoms with Crippen molar-refractivity contribution >= 4 is 28.7 Å².